The second-order valence-corrected chi connectivity index (χ2v) is 8.72. The Kier molecular flexibility index (Phi) is 13.3. The Morgan fingerprint density at radius 3 is 2.33 bits per heavy atom. The number of aromatic amines is 1. The molecular formula is C21H37N9O5S. The lowest BCUT2D eigenvalue weighted by atomic mass is 9.97. The first-order chi connectivity index (χ1) is 17.0. The number of aliphatic carboxylic acids is 1. The number of aliphatic imine (C=N–C) groups is 1. The number of aromatic nitrogens is 2. The van der Waals surface area contributed by atoms with Gasteiger partial charge in [0.05, 0.1) is 12.4 Å². The average molecular weight is 528 g/mol. The van der Waals surface area contributed by atoms with Crippen molar-refractivity contribution in [3.8, 4) is 0 Å². The highest BCUT2D eigenvalue weighted by Crippen LogP contribution is 2.11. The second kappa shape index (κ2) is 15.6. The van der Waals surface area contributed by atoms with E-state index in [4.69, 9.17) is 17.2 Å². The SMILES string of the molecule is CCC(C)C(NC(=O)C(Cc1cnc[nH]1)NC(=O)C(N)CS)C(=O)NC(CCCN=C(N)N)C(=O)O. The lowest BCUT2D eigenvalue weighted by molar-refractivity contribution is -0.142. The van der Waals surface area contributed by atoms with E-state index in [-0.39, 0.29) is 37.0 Å². The van der Waals surface area contributed by atoms with Crippen LogP contribution in [0.3, 0.4) is 0 Å². The minimum absolute atomic E-state index is 0.0637. The molecule has 15 heteroatoms. The largest absolute Gasteiger partial charge is 0.480 e. The fraction of sp³-hybridized carbons (Fsp3) is 0.619. The van der Waals surface area contributed by atoms with Gasteiger partial charge in [-0.2, -0.15) is 12.6 Å². The van der Waals surface area contributed by atoms with Gasteiger partial charge in [0.15, 0.2) is 5.96 Å². The number of H-pyrrole nitrogens is 1. The number of imidazole rings is 1. The van der Waals surface area contributed by atoms with Gasteiger partial charge in [-0.25, -0.2) is 9.78 Å². The topological polar surface area (TPSA) is 244 Å². The van der Waals surface area contributed by atoms with E-state index >= 15 is 0 Å². The summed E-state index contributed by atoms with van der Waals surface area (Å²) in [6, 6.07) is -4.27. The van der Waals surface area contributed by atoms with Crippen molar-refractivity contribution < 1.29 is 24.3 Å². The molecule has 0 saturated carbocycles. The minimum atomic E-state index is -1.23. The maximum absolute atomic E-state index is 13.2. The normalized spacial score (nSPS) is 15.0. The van der Waals surface area contributed by atoms with Gasteiger partial charge in [-0.15, -0.1) is 0 Å². The highest BCUT2D eigenvalue weighted by Gasteiger charge is 2.32. The number of nitrogens with zero attached hydrogens (tertiary/aromatic N) is 2. The Labute approximate surface area is 215 Å². The van der Waals surface area contributed by atoms with E-state index in [9.17, 15) is 24.3 Å². The molecule has 5 unspecified atom stereocenters. The van der Waals surface area contributed by atoms with E-state index in [0.717, 1.165) is 0 Å². The van der Waals surface area contributed by atoms with Crippen molar-refractivity contribution in [2.75, 3.05) is 12.3 Å². The zero-order chi connectivity index (χ0) is 27.3. The first kappa shape index (κ1) is 30.7. The first-order valence-corrected chi connectivity index (χ1v) is 12.2. The highest BCUT2D eigenvalue weighted by atomic mass is 32.1. The molecule has 1 aromatic heterocycles. The molecule has 11 N–H and O–H groups in total. The first-order valence-electron chi connectivity index (χ1n) is 11.5. The standard InChI is InChI=1S/C21H37N9O5S/c1-3-11(2)16(19(33)28-14(20(34)35)5-4-6-26-21(23)24)30-18(32)15(7-12-8-25-10-27-12)29-17(31)13(22)9-36/h8,10-11,13-16,36H,3-7,9,22H2,1-2H3,(H,25,27)(H,28,33)(H,29,31)(H,30,32)(H,34,35)(H4,23,24,26). The van der Waals surface area contributed by atoms with Gasteiger partial charge >= 0.3 is 5.97 Å². The van der Waals surface area contributed by atoms with Crippen LogP contribution in [0, 0.1) is 5.92 Å². The third-order valence-electron chi connectivity index (χ3n) is 5.50. The van der Waals surface area contributed by atoms with Crippen LogP contribution in [0.1, 0.15) is 38.8 Å². The Morgan fingerprint density at radius 2 is 1.81 bits per heavy atom. The number of hydrogen-bond donors (Lipinski definition) is 9. The van der Waals surface area contributed by atoms with Crippen molar-refractivity contribution in [1.82, 2.24) is 25.9 Å². The molecule has 0 fully saturated rings. The van der Waals surface area contributed by atoms with Gasteiger partial charge < -0.3 is 43.2 Å². The molecule has 1 aromatic rings. The molecular weight excluding hydrogens is 490 g/mol. The van der Waals surface area contributed by atoms with Crippen molar-refractivity contribution in [1.29, 1.82) is 0 Å². The van der Waals surface area contributed by atoms with E-state index in [1.54, 1.807) is 6.92 Å². The molecule has 5 atom stereocenters. The van der Waals surface area contributed by atoms with Gasteiger partial charge in [-0.3, -0.25) is 19.4 Å². The molecule has 0 bridgehead atoms. The number of thiol groups is 1. The average Bonchev–Trinajstić information content (AvgIpc) is 3.35. The number of guanidine groups is 1. The monoisotopic (exact) mass is 527 g/mol. The lowest BCUT2D eigenvalue weighted by Crippen LogP contribution is -2.59. The van der Waals surface area contributed by atoms with E-state index in [1.807, 2.05) is 6.92 Å². The van der Waals surface area contributed by atoms with Crippen LogP contribution >= 0.6 is 12.6 Å². The number of carbonyl (C=O) groups excluding carboxylic acids is 3. The molecule has 36 heavy (non-hydrogen) atoms. The fourth-order valence-electron chi connectivity index (χ4n) is 3.17. The predicted molar refractivity (Wildman–Crippen MR) is 137 cm³/mol. The highest BCUT2D eigenvalue weighted by molar-refractivity contribution is 7.80. The molecule has 0 aliphatic carbocycles. The second-order valence-electron chi connectivity index (χ2n) is 8.35. The summed E-state index contributed by atoms with van der Waals surface area (Å²) in [5.74, 6) is -3.49. The molecule has 0 aromatic carbocycles. The van der Waals surface area contributed by atoms with E-state index in [2.05, 4.69) is 43.5 Å². The summed E-state index contributed by atoms with van der Waals surface area (Å²) in [6.07, 6.45) is 3.92. The maximum atomic E-state index is 13.2. The molecule has 0 aliphatic rings. The van der Waals surface area contributed by atoms with Gasteiger partial charge in [0.1, 0.15) is 18.1 Å². The van der Waals surface area contributed by atoms with Crippen LogP contribution in [-0.4, -0.2) is 81.2 Å². The van der Waals surface area contributed by atoms with E-state index < -0.39 is 47.9 Å². The number of carbonyl (C=O) groups is 4. The summed E-state index contributed by atoms with van der Waals surface area (Å²) >= 11 is 4.01. The van der Waals surface area contributed by atoms with Crippen molar-refractivity contribution in [2.45, 2.75) is 63.7 Å². The molecule has 0 spiro atoms. The number of nitrogens with one attached hydrogen (secondary N) is 4. The van der Waals surface area contributed by atoms with Crippen LogP contribution in [0.25, 0.3) is 0 Å². The minimum Gasteiger partial charge on any atom is -0.480 e. The van der Waals surface area contributed by atoms with Gasteiger partial charge in [-0.05, 0) is 18.8 Å². The summed E-state index contributed by atoms with van der Waals surface area (Å²) in [7, 11) is 0. The summed E-state index contributed by atoms with van der Waals surface area (Å²) in [5, 5.41) is 17.3. The van der Waals surface area contributed by atoms with Gasteiger partial charge in [0.25, 0.3) is 0 Å². The summed E-state index contributed by atoms with van der Waals surface area (Å²) in [5.41, 5.74) is 16.8. The maximum Gasteiger partial charge on any atom is 0.326 e. The van der Waals surface area contributed by atoms with Crippen molar-refractivity contribution in [3.05, 3.63) is 18.2 Å². The van der Waals surface area contributed by atoms with Crippen LogP contribution in [0.15, 0.2) is 17.5 Å². The summed E-state index contributed by atoms with van der Waals surface area (Å²) in [6.45, 7) is 3.78. The smallest absolute Gasteiger partial charge is 0.326 e. The van der Waals surface area contributed by atoms with Crippen LogP contribution in [0.4, 0.5) is 0 Å². The van der Waals surface area contributed by atoms with Gasteiger partial charge in [-0.1, -0.05) is 20.3 Å². The third-order valence-corrected chi connectivity index (χ3v) is 5.89. The molecule has 1 rings (SSSR count). The summed E-state index contributed by atoms with van der Waals surface area (Å²) < 4.78 is 0. The van der Waals surface area contributed by atoms with Crippen molar-refractivity contribution >= 4 is 42.3 Å². The third kappa shape index (κ3) is 10.5. The van der Waals surface area contributed by atoms with Crippen molar-refractivity contribution in [2.24, 2.45) is 28.1 Å². The quantitative estimate of drug-likeness (QED) is 0.0491. The zero-order valence-corrected chi connectivity index (χ0v) is 21.3. The van der Waals surface area contributed by atoms with Crippen LogP contribution in [0.2, 0.25) is 0 Å². The Hall–Kier alpha value is -3.33. The van der Waals surface area contributed by atoms with Gasteiger partial charge in [0, 0.05) is 30.6 Å². The molecule has 14 nitrogen and oxygen atoms in total. The van der Waals surface area contributed by atoms with Crippen LogP contribution in [-0.2, 0) is 25.6 Å². The van der Waals surface area contributed by atoms with Crippen LogP contribution in [0.5, 0.6) is 0 Å². The number of carboxylic acid groups (broad SMARTS) is 1. The number of hydrogen-bond acceptors (Lipinski definition) is 8. The fourth-order valence-corrected chi connectivity index (χ4v) is 3.33. The van der Waals surface area contributed by atoms with E-state index in [0.29, 0.717) is 18.5 Å². The Bertz CT molecular complexity index is 892. The molecule has 0 saturated heterocycles. The molecule has 0 radical (unpaired) electrons. The number of nitrogens with two attached hydrogens (primary N) is 3. The van der Waals surface area contributed by atoms with Crippen molar-refractivity contribution in [3.63, 3.8) is 0 Å². The number of amides is 3. The van der Waals surface area contributed by atoms with Crippen LogP contribution < -0.4 is 33.2 Å². The Morgan fingerprint density at radius 1 is 1.14 bits per heavy atom. The molecule has 1 heterocycles. The van der Waals surface area contributed by atoms with Gasteiger partial charge in [0.2, 0.25) is 17.7 Å². The number of carboxylic acids is 1. The summed E-state index contributed by atoms with van der Waals surface area (Å²) in [4.78, 5) is 60.9. The Balaban J connectivity index is 3.00. The predicted octanol–water partition coefficient (Wildman–Crippen LogP) is -2.15. The lowest BCUT2D eigenvalue weighted by Gasteiger charge is -2.28. The molecule has 3 amide bonds. The zero-order valence-electron chi connectivity index (χ0n) is 20.4. The van der Waals surface area contributed by atoms with E-state index in [1.165, 1.54) is 12.5 Å². The number of rotatable bonds is 16. The molecule has 202 valence electrons. The molecule has 0 aliphatic heterocycles.